The molecule has 26 heavy (non-hydrogen) atoms. The first-order chi connectivity index (χ1) is 12.8. The van der Waals surface area contributed by atoms with Crippen LogP contribution in [0.2, 0.25) is 0 Å². The number of anilines is 1. The highest BCUT2D eigenvalue weighted by Crippen LogP contribution is 2.19. The van der Waals surface area contributed by atoms with Gasteiger partial charge in [0, 0.05) is 36.6 Å². The molecule has 0 radical (unpaired) electrons. The van der Waals surface area contributed by atoms with Crippen LogP contribution >= 0.6 is 11.3 Å². The molecule has 3 heterocycles. The van der Waals surface area contributed by atoms with Crippen LogP contribution in [0.15, 0.2) is 60.0 Å². The molecule has 0 N–H and O–H groups in total. The normalized spacial score (nSPS) is 14.5. The lowest BCUT2D eigenvalue weighted by Crippen LogP contribution is -2.49. The molecule has 0 bridgehead atoms. The van der Waals surface area contributed by atoms with E-state index in [2.05, 4.69) is 15.1 Å². The molecular formula is C20H20N4OS. The Bertz CT molecular complexity index is 841. The molecule has 1 aliphatic heterocycles. The summed E-state index contributed by atoms with van der Waals surface area (Å²) in [5.74, 6) is 1.08. The lowest BCUT2D eigenvalue weighted by molar-refractivity contribution is -0.130. The van der Waals surface area contributed by atoms with Gasteiger partial charge in [-0.1, -0.05) is 36.4 Å². The Morgan fingerprint density at radius 3 is 2.38 bits per heavy atom. The van der Waals surface area contributed by atoms with Crippen molar-refractivity contribution in [2.24, 2.45) is 0 Å². The van der Waals surface area contributed by atoms with Crippen molar-refractivity contribution in [1.82, 2.24) is 15.1 Å². The fraction of sp³-hybridized carbons (Fsp3) is 0.250. The minimum atomic E-state index is 0.206. The number of benzene rings is 1. The Labute approximate surface area is 156 Å². The number of thiophene rings is 1. The third kappa shape index (κ3) is 3.75. The fourth-order valence-corrected chi connectivity index (χ4v) is 3.81. The first-order valence-electron chi connectivity index (χ1n) is 8.74. The largest absolute Gasteiger partial charge is 0.352 e. The van der Waals surface area contributed by atoms with E-state index in [-0.39, 0.29) is 5.91 Å². The molecule has 1 aliphatic rings. The lowest BCUT2D eigenvalue weighted by atomic mass is 10.1. The Morgan fingerprint density at radius 1 is 0.923 bits per heavy atom. The molecular weight excluding hydrogens is 344 g/mol. The summed E-state index contributed by atoms with van der Waals surface area (Å²) >= 11 is 1.64. The Hall–Kier alpha value is -2.73. The van der Waals surface area contributed by atoms with Crippen molar-refractivity contribution in [2.75, 3.05) is 31.1 Å². The molecule has 0 spiro atoms. The average Bonchev–Trinajstić information content (AvgIpc) is 3.22. The number of amides is 1. The second-order valence-electron chi connectivity index (χ2n) is 6.27. The zero-order chi connectivity index (χ0) is 17.8. The average molecular weight is 364 g/mol. The highest BCUT2D eigenvalue weighted by Gasteiger charge is 2.22. The molecule has 1 saturated heterocycles. The minimum absolute atomic E-state index is 0.206. The third-order valence-electron chi connectivity index (χ3n) is 4.58. The van der Waals surface area contributed by atoms with Crippen LogP contribution in [0.3, 0.4) is 0 Å². The van der Waals surface area contributed by atoms with Crippen molar-refractivity contribution in [1.29, 1.82) is 0 Å². The van der Waals surface area contributed by atoms with Crippen LogP contribution in [-0.4, -0.2) is 47.2 Å². The second-order valence-corrected chi connectivity index (χ2v) is 7.30. The van der Waals surface area contributed by atoms with Crippen LogP contribution in [0.5, 0.6) is 0 Å². The number of hydrogen-bond donors (Lipinski definition) is 0. The summed E-state index contributed by atoms with van der Waals surface area (Å²) in [6.45, 7) is 3.03. The van der Waals surface area contributed by atoms with Gasteiger partial charge < -0.3 is 9.80 Å². The van der Waals surface area contributed by atoms with E-state index in [1.165, 1.54) is 0 Å². The molecule has 0 saturated carbocycles. The smallest absolute Gasteiger partial charge is 0.227 e. The summed E-state index contributed by atoms with van der Waals surface area (Å²) in [7, 11) is 0. The predicted octanol–water partition coefficient (Wildman–Crippen LogP) is 3.10. The first-order valence-corrected chi connectivity index (χ1v) is 9.62. The minimum Gasteiger partial charge on any atom is -0.352 e. The summed E-state index contributed by atoms with van der Waals surface area (Å²) in [4.78, 5) is 17.7. The van der Waals surface area contributed by atoms with Crippen LogP contribution in [0, 0.1) is 0 Å². The monoisotopic (exact) mass is 364 g/mol. The molecule has 0 unspecified atom stereocenters. The molecule has 0 atom stereocenters. The van der Waals surface area contributed by atoms with Gasteiger partial charge in [-0.15, -0.1) is 21.5 Å². The molecule has 1 aromatic carbocycles. The highest BCUT2D eigenvalue weighted by molar-refractivity contribution is 7.10. The van der Waals surface area contributed by atoms with Gasteiger partial charge in [-0.2, -0.15) is 0 Å². The maximum atomic E-state index is 12.4. The van der Waals surface area contributed by atoms with Gasteiger partial charge in [0.2, 0.25) is 5.91 Å². The van der Waals surface area contributed by atoms with Crippen LogP contribution in [-0.2, 0) is 11.2 Å². The van der Waals surface area contributed by atoms with Gasteiger partial charge in [-0.25, -0.2) is 0 Å². The van der Waals surface area contributed by atoms with Gasteiger partial charge in [-0.3, -0.25) is 4.79 Å². The fourth-order valence-electron chi connectivity index (χ4n) is 3.12. The molecule has 0 aliphatic carbocycles. The number of carbonyl (C=O) groups is 1. The highest BCUT2D eigenvalue weighted by atomic mass is 32.1. The lowest BCUT2D eigenvalue weighted by Gasteiger charge is -2.35. The van der Waals surface area contributed by atoms with Gasteiger partial charge in [0.05, 0.1) is 12.1 Å². The summed E-state index contributed by atoms with van der Waals surface area (Å²) < 4.78 is 0. The SMILES string of the molecule is O=C(Cc1cccs1)N1CCN(c2ccc(-c3ccccc3)nn2)CC1. The predicted molar refractivity (Wildman–Crippen MR) is 104 cm³/mol. The van der Waals surface area contributed by atoms with Crippen molar-refractivity contribution in [3.63, 3.8) is 0 Å². The maximum Gasteiger partial charge on any atom is 0.227 e. The van der Waals surface area contributed by atoms with E-state index in [9.17, 15) is 4.79 Å². The molecule has 4 rings (SSSR count). The molecule has 1 fully saturated rings. The van der Waals surface area contributed by atoms with E-state index in [0.29, 0.717) is 6.42 Å². The molecule has 132 valence electrons. The maximum absolute atomic E-state index is 12.4. The summed E-state index contributed by atoms with van der Waals surface area (Å²) in [5.41, 5.74) is 1.94. The first kappa shape index (κ1) is 16.7. The van der Waals surface area contributed by atoms with E-state index < -0.39 is 0 Å². The number of hydrogen-bond acceptors (Lipinski definition) is 5. The standard InChI is InChI=1S/C20H20N4OS/c25-20(15-17-7-4-14-26-17)24-12-10-23(11-13-24)19-9-8-18(21-22-19)16-5-2-1-3-6-16/h1-9,14H,10-13,15H2. The summed E-state index contributed by atoms with van der Waals surface area (Å²) in [5, 5.41) is 10.8. The summed E-state index contributed by atoms with van der Waals surface area (Å²) in [6.07, 6.45) is 0.503. The van der Waals surface area contributed by atoms with E-state index in [0.717, 1.165) is 48.1 Å². The van der Waals surface area contributed by atoms with Crippen molar-refractivity contribution in [3.05, 3.63) is 64.9 Å². The van der Waals surface area contributed by atoms with Crippen molar-refractivity contribution in [2.45, 2.75) is 6.42 Å². The van der Waals surface area contributed by atoms with Gasteiger partial charge in [0.15, 0.2) is 5.82 Å². The van der Waals surface area contributed by atoms with Crippen LogP contribution in [0.1, 0.15) is 4.88 Å². The molecule has 5 nitrogen and oxygen atoms in total. The summed E-state index contributed by atoms with van der Waals surface area (Å²) in [6, 6.07) is 18.1. The van der Waals surface area contributed by atoms with Gasteiger partial charge in [0.1, 0.15) is 0 Å². The van der Waals surface area contributed by atoms with E-state index in [1.54, 1.807) is 11.3 Å². The molecule has 3 aromatic rings. The van der Waals surface area contributed by atoms with E-state index >= 15 is 0 Å². The van der Waals surface area contributed by atoms with Gasteiger partial charge in [0.25, 0.3) is 0 Å². The number of nitrogens with zero attached hydrogens (tertiary/aromatic N) is 4. The molecule has 1 amide bonds. The quantitative estimate of drug-likeness (QED) is 0.714. The van der Waals surface area contributed by atoms with E-state index in [1.807, 2.05) is 64.9 Å². The number of rotatable bonds is 4. The molecule has 6 heteroatoms. The number of piperazine rings is 1. The topological polar surface area (TPSA) is 49.3 Å². The Morgan fingerprint density at radius 2 is 1.73 bits per heavy atom. The zero-order valence-corrected chi connectivity index (χ0v) is 15.2. The Balaban J connectivity index is 1.35. The number of aromatic nitrogens is 2. The van der Waals surface area contributed by atoms with Crippen LogP contribution < -0.4 is 4.90 Å². The zero-order valence-electron chi connectivity index (χ0n) is 14.4. The third-order valence-corrected chi connectivity index (χ3v) is 5.46. The number of carbonyl (C=O) groups excluding carboxylic acids is 1. The van der Waals surface area contributed by atoms with Crippen molar-refractivity contribution < 1.29 is 4.79 Å². The van der Waals surface area contributed by atoms with Crippen molar-refractivity contribution >= 4 is 23.1 Å². The molecule has 2 aromatic heterocycles. The van der Waals surface area contributed by atoms with Crippen LogP contribution in [0.25, 0.3) is 11.3 Å². The van der Waals surface area contributed by atoms with Crippen LogP contribution in [0.4, 0.5) is 5.82 Å². The van der Waals surface area contributed by atoms with Gasteiger partial charge >= 0.3 is 0 Å². The van der Waals surface area contributed by atoms with Gasteiger partial charge in [-0.05, 0) is 23.6 Å². The Kier molecular flexibility index (Phi) is 4.93. The van der Waals surface area contributed by atoms with E-state index in [4.69, 9.17) is 0 Å². The second kappa shape index (κ2) is 7.66. The van der Waals surface area contributed by atoms with Crippen molar-refractivity contribution in [3.8, 4) is 11.3 Å².